The molecule has 0 radical (unpaired) electrons. The molecule has 0 amide bonds. The lowest BCUT2D eigenvalue weighted by Crippen LogP contribution is -2.49. The second-order valence-corrected chi connectivity index (χ2v) is 8.93. The minimum Gasteiger partial charge on any atom is -0.378 e. The van der Waals surface area contributed by atoms with Crippen molar-refractivity contribution in [3.63, 3.8) is 0 Å². The molecule has 2 aliphatic rings. The summed E-state index contributed by atoms with van der Waals surface area (Å²) in [4.78, 5) is 5.14. The van der Waals surface area contributed by atoms with Gasteiger partial charge in [0.25, 0.3) is 0 Å². The van der Waals surface area contributed by atoms with Crippen molar-refractivity contribution in [3.05, 3.63) is 72.4 Å². The standard InChI is InChI=1S/C25H31N5/c1-18(2)28-16-24-15-23(28)17-29(24)25-12-13-30(27-25)22-11-7-10-21(14-22)26-19(3)20-8-5-4-6-9-20/h4-14,18-19,23-24,26H,15-17H2,1-3H3/t19-,23?,24?/m0/s1. The van der Waals surface area contributed by atoms with Gasteiger partial charge in [0.2, 0.25) is 0 Å². The van der Waals surface area contributed by atoms with E-state index >= 15 is 0 Å². The Bertz CT molecular complexity index is 996. The summed E-state index contributed by atoms with van der Waals surface area (Å²) in [5.74, 6) is 1.10. The van der Waals surface area contributed by atoms with Crippen LogP contribution in [0.15, 0.2) is 66.9 Å². The Morgan fingerprint density at radius 3 is 2.50 bits per heavy atom. The zero-order valence-corrected chi connectivity index (χ0v) is 18.1. The number of hydrogen-bond acceptors (Lipinski definition) is 4. The molecule has 3 heterocycles. The van der Waals surface area contributed by atoms with Gasteiger partial charge in [-0.3, -0.25) is 4.90 Å². The first kappa shape index (κ1) is 19.2. The van der Waals surface area contributed by atoms with E-state index in [2.05, 4.69) is 103 Å². The molecule has 2 saturated heterocycles. The molecule has 0 spiro atoms. The highest BCUT2D eigenvalue weighted by atomic mass is 15.4. The number of rotatable bonds is 6. The van der Waals surface area contributed by atoms with Crippen LogP contribution in [0.5, 0.6) is 0 Å². The van der Waals surface area contributed by atoms with Crippen LogP contribution >= 0.6 is 0 Å². The molecule has 30 heavy (non-hydrogen) atoms. The van der Waals surface area contributed by atoms with Crippen LogP contribution in [0.2, 0.25) is 0 Å². The van der Waals surface area contributed by atoms with E-state index in [0.717, 1.165) is 30.3 Å². The van der Waals surface area contributed by atoms with E-state index in [9.17, 15) is 0 Å². The number of piperazine rings is 1. The molecule has 5 rings (SSSR count). The van der Waals surface area contributed by atoms with Crippen LogP contribution in [0.3, 0.4) is 0 Å². The topological polar surface area (TPSA) is 36.3 Å². The fourth-order valence-corrected chi connectivity index (χ4v) is 5.04. The summed E-state index contributed by atoms with van der Waals surface area (Å²) >= 11 is 0. The van der Waals surface area contributed by atoms with Gasteiger partial charge >= 0.3 is 0 Å². The Morgan fingerprint density at radius 2 is 1.77 bits per heavy atom. The second-order valence-electron chi connectivity index (χ2n) is 8.93. The van der Waals surface area contributed by atoms with Gasteiger partial charge in [-0.2, -0.15) is 5.10 Å². The van der Waals surface area contributed by atoms with Crippen LogP contribution in [0, 0.1) is 0 Å². The summed E-state index contributed by atoms with van der Waals surface area (Å²) in [6, 6.07) is 23.4. The van der Waals surface area contributed by atoms with Gasteiger partial charge in [0.05, 0.1) is 5.69 Å². The van der Waals surface area contributed by atoms with Crippen molar-refractivity contribution in [2.75, 3.05) is 23.3 Å². The maximum absolute atomic E-state index is 4.93. The minimum absolute atomic E-state index is 0.249. The van der Waals surface area contributed by atoms with E-state index in [1.165, 1.54) is 12.0 Å². The number of aromatic nitrogens is 2. The molecule has 1 aromatic heterocycles. The van der Waals surface area contributed by atoms with Crippen LogP contribution in [0.25, 0.3) is 5.69 Å². The van der Waals surface area contributed by atoms with Crippen LogP contribution in [-0.2, 0) is 0 Å². The minimum atomic E-state index is 0.249. The van der Waals surface area contributed by atoms with Gasteiger partial charge in [0, 0.05) is 55.2 Å². The molecule has 156 valence electrons. The van der Waals surface area contributed by atoms with Crippen molar-refractivity contribution in [2.24, 2.45) is 0 Å². The van der Waals surface area contributed by atoms with Gasteiger partial charge in [-0.25, -0.2) is 4.68 Å². The lowest BCUT2D eigenvalue weighted by molar-refractivity contribution is 0.191. The van der Waals surface area contributed by atoms with Crippen molar-refractivity contribution < 1.29 is 0 Å². The molecule has 2 bridgehead atoms. The van der Waals surface area contributed by atoms with Gasteiger partial charge in [-0.1, -0.05) is 36.4 Å². The van der Waals surface area contributed by atoms with Crippen molar-refractivity contribution in [1.82, 2.24) is 14.7 Å². The predicted molar refractivity (Wildman–Crippen MR) is 123 cm³/mol. The molecule has 5 nitrogen and oxygen atoms in total. The van der Waals surface area contributed by atoms with Crippen LogP contribution in [-0.4, -0.2) is 45.9 Å². The number of nitrogens with zero attached hydrogens (tertiary/aromatic N) is 4. The average molecular weight is 402 g/mol. The smallest absolute Gasteiger partial charge is 0.151 e. The number of likely N-dealkylation sites (tertiary alicyclic amines) is 1. The summed E-state index contributed by atoms with van der Waals surface area (Å²) in [7, 11) is 0. The number of nitrogens with one attached hydrogen (secondary N) is 1. The van der Waals surface area contributed by atoms with Gasteiger partial charge in [0.1, 0.15) is 0 Å². The van der Waals surface area contributed by atoms with Gasteiger partial charge in [0.15, 0.2) is 5.82 Å². The summed E-state index contributed by atoms with van der Waals surface area (Å²) < 4.78 is 2.00. The molecule has 2 fully saturated rings. The molecule has 3 aromatic rings. The van der Waals surface area contributed by atoms with Crippen molar-refractivity contribution in [1.29, 1.82) is 0 Å². The van der Waals surface area contributed by atoms with E-state index in [1.807, 2.05) is 4.68 Å². The first-order valence-corrected chi connectivity index (χ1v) is 11.1. The zero-order chi connectivity index (χ0) is 20.7. The highest BCUT2D eigenvalue weighted by Gasteiger charge is 2.44. The Morgan fingerprint density at radius 1 is 0.933 bits per heavy atom. The molecule has 0 aliphatic carbocycles. The van der Waals surface area contributed by atoms with Gasteiger partial charge < -0.3 is 10.2 Å². The fourth-order valence-electron chi connectivity index (χ4n) is 5.04. The molecule has 2 aromatic carbocycles. The second kappa shape index (κ2) is 7.80. The van der Waals surface area contributed by atoms with Crippen molar-refractivity contribution >= 4 is 11.5 Å². The first-order valence-electron chi connectivity index (χ1n) is 11.1. The molecule has 5 heteroatoms. The van der Waals surface area contributed by atoms with Gasteiger partial charge in [-0.05, 0) is 51.0 Å². The Balaban J connectivity index is 1.30. The normalized spacial score (nSPS) is 22.1. The SMILES string of the molecule is CC(C)N1CC2CC1CN2c1ccn(-c2cccc(N[C@@H](C)c3ccccc3)c2)n1. The lowest BCUT2D eigenvalue weighted by Gasteiger charge is -2.36. The molecule has 2 unspecified atom stereocenters. The fraction of sp³-hybridized carbons (Fsp3) is 0.400. The van der Waals surface area contributed by atoms with Crippen LogP contribution < -0.4 is 10.2 Å². The van der Waals surface area contributed by atoms with E-state index in [-0.39, 0.29) is 6.04 Å². The summed E-state index contributed by atoms with van der Waals surface area (Å²) in [6.07, 6.45) is 3.35. The number of hydrogen-bond donors (Lipinski definition) is 1. The van der Waals surface area contributed by atoms with Gasteiger partial charge in [-0.15, -0.1) is 0 Å². The van der Waals surface area contributed by atoms with E-state index in [0.29, 0.717) is 18.1 Å². The largest absolute Gasteiger partial charge is 0.378 e. The third kappa shape index (κ3) is 3.58. The third-order valence-corrected chi connectivity index (χ3v) is 6.61. The molecular weight excluding hydrogens is 370 g/mol. The van der Waals surface area contributed by atoms with E-state index in [1.54, 1.807) is 0 Å². The Labute approximate surface area is 179 Å². The summed E-state index contributed by atoms with van der Waals surface area (Å²) in [6.45, 7) is 9.05. The maximum Gasteiger partial charge on any atom is 0.151 e. The zero-order valence-electron chi connectivity index (χ0n) is 18.1. The average Bonchev–Trinajstić information content (AvgIpc) is 3.50. The highest BCUT2D eigenvalue weighted by Crippen LogP contribution is 2.35. The third-order valence-electron chi connectivity index (χ3n) is 6.61. The van der Waals surface area contributed by atoms with E-state index < -0.39 is 0 Å². The first-order chi connectivity index (χ1) is 14.6. The maximum atomic E-state index is 4.93. The number of fused-ring (bicyclic) bond motifs is 2. The molecule has 3 atom stereocenters. The Kier molecular flexibility index (Phi) is 4.99. The number of anilines is 2. The molecular formula is C25H31N5. The predicted octanol–water partition coefficient (Wildman–Crippen LogP) is 4.72. The Hall–Kier alpha value is -2.79. The highest BCUT2D eigenvalue weighted by molar-refractivity contribution is 5.53. The molecule has 1 N–H and O–H groups in total. The summed E-state index contributed by atoms with van der Waals surface area (Å²) in [5, 5.41) is 8.54. The van der Waals surface area contributed by atoms with Crippen LogP contribution in [0.4, 0.5) is 11.5 Å². The van der Waals surface area contributed by atoms with Crippen molar-refractivity contribution in [2.45, 2.75) is 51.4 Å². The quantitative estimate of drug-likeness (QED) is 0.649. The lowest BCUT2D eigenvalue weighted by atomic mass is 10.1. The monoisotopic (exact) mass is 401 g/mol. The molecule has 0 saturated carbocycles. The van der Waals surface area contributed by atoms with Crippen LogP contribution in [0.1, 0.15) is 38.8 Å². The number of benzene rings is 2. The summed E-state index contributed by atoms with van der Waals surface area (Å²) in [5.41, 5.74) is 3.47. The van der Waals surface area contributed by atoms with E-state index in [4.69, 9.17) is 5.10 Å². The van der Waals surface area contributed by atoms with Crippen molar-refractivity contribution in [3.8, 4) is 5.69 Å². The molecule has 2 aliphatic heterocycles.